The van der Waals surface area contributed by atoms with Crippen LogP contribution >= 0.6 is 0 Å². The van der Waals surface area contributed by atoms with Crippen LogP contribution < -0.4 is 0 Å². The fourth-order valence-corrected chi connectivity index (χ4v) is 9.47. The predicted molar refractivity (Wildman–Crippen MR) is 137 cm³/mol. The highest BCUT2D eigenvalue weighted by atomic mass is 16.8. The van der Waals surface area contributed by atoms with Crippen molar-refractivity contribution in [2.75, 3.05) is 7.11 Å². The van der Waals surface area contributed by atoms with E-state index in [9.17, 15) is 29.4 Å². The zero-order valence-electron chi connectivity index (χ0n) is 23.9. The minimum absolute atomic E-state index is 0.0403. The van der Waals surface area contributed by atoms with Gasteiger partial charge >= 0.3 is 23.9 Å². The molecule has 11 atom stereocenters. The molecule has 1 aromatic carbocycles. The van der Waals surface area contributed by atoms with E-state index in [2.05, 4.69) is 0 Å². The molecule has 7 rings (SSSR count). The van der Waals surface area contributed by atoms with Gasteiger partial charge in [-0.3, -0.25) is 9.59 Å². The summed E-state index contributed by atoms with van der Waals surface area (Å²) in [7, 11) is 1.32. The zero-order chi connectivity index (χ0) is 30.2. The highest BCUT2D eigenvalue weighted by Crippen LogP contribution is 2.84. The van der Waals surface area contributed by atoms with Crippen LogP contribution in [0.2, 0.25) is 0 Å². The highest BCUT2D eigenvalue weighted by molar-refractivity contribution is 5.94. The average Bonchev–Trinajstić information content (AvgIpc) is 3.65. The molecule has 0 aromatic heterocycles. The third-order valence-corrected chi connectivity index (χ3v) is 11.0. The van der Waals surface area contributed by atoms with Gasteiger partial charge in [0, 0.05) is 0 Å². The Kier molecular flexibility index (Phi) is 5.49. The van der Waals surface area contributed by atoms with Gasteiger partial charge in [-0.2, -0.15) is 0 Å². The van der Waals surface area contributed by atoms with Crippen molar-refractivity contribution in [3.63, 3.8) is 0 Å². The van der Waals surface area contributed by atoms with E-state index in [1.54, 1.807) is 24.3 Å². The van der Waals surface area contributed by atoms with E-state index in [0.29, 0.717) is 5.56 Å². The van der Waals surface area contributed by atoms with Crippen LogP contribution in [0.25, 0.3) is 0 Å². The molecule has 6 aliphatic rings. The van der Waals surface area contributed by atoms with E-state index in [0.717, 1.165) is 5.56 Å². The molecule has 2 saturated carbocycles. The SMILES string of the molecule is COC(=O)Cc1ccc(CO[C@H]2C(=O)O[C@H]3O[C@]45C(=O)OC6CC(C(C)(C)C)C32C64[C@@H](O)C2OC(=O)[C@@H](C)[C@@]25O)cc1. The molecular weight excluding hydrogens is 552 g/mol. The fraction of sp³-hybridized carbons (Fsp3) is 0.667. The molecule has 2 N–H and O–H groups in total. The lowest BCUT2D eigenvalue weighted by atomic mass is 9.51. The maximum atomic E-state index is 13.9. The zero-order valence-corrected chi connectivity index (χ0v) is 23.9. The van der Waals surface area contributed by atoms with Crippen LogP contribution in [0.5, 0.6) is 0 Å². The minimum Gasteiger partial charge on any atom is -0.469 e. The molecule has 0 bridgehead atoms. The fourth-order valence-electron chi connectivity index (χ4n) is 9.47. The number of fused-ring (bicyclic) bond motifs is 1. The monoisotopic (exact) mass is 586 g/mol. The predicted octanol–water partition coefficient (Wildman–Crippen LogP) is 0.571. The van der Waals surface area contributed by atoms with Crippen molar-refractivity contribution in [2.24, 2.45) is 28.1 Å². The Hall–Kier alpha value is -3.06. The molecule has 6 fully saturated rings. The molecule has 0 amide bonds. The van der Waals surface area contributed by atoms with Crippen molar-refractivity contribution in [3.8, 4) is 0 Å². The van der Waals surface area contributed by atoms with E-state index in [-0.39, 0.29) is 25.4 Å². The van der Waals surface area contributed by atoms with Crippen LogP contribution in [0.1, 0.15) is 45.2 Å². The maximum absolute atomic E-state index is 13.9. The number of hydrogen-bond donors (Lipinski definition) is 2. The van der Waals surface area contributed by atoms with Crippen LogP contribution in [0.15, 0.2) is 24.3 Å². The standard InChI is InChI=1S/C30H34O12/c1-13-22(33)40-20-19(32)28-17-11-16(26(2,3)4)27(28)21(38-12-15-8-6-14(7-9-15)10-18(31)37-5)23(34)41-25(27)42-30(28,24(35)39-17)29(13,20)36/h6-9,13,16-17,19-21,25,32,36H,10-12H2,1-5H3/t13-,16?,17?,19+,20?,21+,25+,27?,28?,29-,30-/m1/s1. The molecule has 12 nitrogen and oxygen atoms in total. The van der Waals surface area contributed by atoms with Crippen LogP contribution in [0.4, 0.5) is 0 Å². The first-order chi connectivity index (χ1) is 19.7. The third kappa shape index (κ3) is 2.74. The number of ether oxygens (including phenoxy) is 6. The summed E-state index contributed by atoms with van der Waals surface area (Å²) in [6.07, 6.45) is -6.39. The van der Waals surface area contributed by atoms with Crippen molar-refractivity contribution < 1.29 is 57.8 Å². The lowest BCUT2D eigenvalue weighted by molar-refractivity contribution is -0.240. The first-order valence-electron chi connectivity index (χ1n) is 14.2. The number of esters is 4. The van der Waals surface area contributed by atoms with Crippen molar-refractivity contribution in [1.82, 2.24) is 0 Å². The van der Waals surface area contributed by atoms with E-state index in [1.807, 2.05) is 20.8 Å². The molecule has 2 spiro atoms. The molecule has 4 aliphatic heterocycles. The Balaban J connectivity index is 1.35. The first kappa shape index (κ1) is 27.8. The highest BCUT2D eigenvalue weighted by Gasteiger charge is 3.04. The van der Waals surface area contributed by atoms with Crippen LogP contribution in [0, 0.1) is 28.1 Å². The molecule has 0 radical (unpaired) electrons. The summed E-state index contributed by atoms with van der Waals surface area (Å²) in [5.41, 5.74) is -6.79. The number of carbonyl (C=O) groups excluding carboxylic acids is 4. The largest absolute Gasteiger partial charge is 0.469 e. The maximum Gasteiger partial charge on any atom is 0.343 e. The van der Waals surface area contributed by atoms with Crippen LogP contribution in [-0.4, -0.2) is 83.1 Å². The summed E-state index contributed by atoms with van der Waals surface area (Å²) in [4.78, 5) is 51.9. The normalized spacial score (nSPS) is 46.1. The van der Waals surface area contributed by atoms with Gasteiger partial charge in [-0.05, 0) is 35.8 Å². The van der Waals surface area contributed by atoms with Crippen molar-refractivity contribution in [1.29, 1.82) is 0 Å². The van der Waals surface area contributed by atoms with E-state index < -0.39 is 87.9 Å². The lowest BCUT2D eigenvalue weighted by Crippen LogP contribution is -2.67. The second kappa shape index (κ2) is 8.31. The second-order valence-electron chi connectivity index (χ2n) is 13.5. The van der Waals surface area contributed by atoms with Crippen LogP contribution in [-0.2, 0) is 60.6 Å². The van der Waals surface area contributed by atoms with Crippen molar-refractivity contribution >= 4 is 23.9 Å². The summed E-state index contributed by atoms with van der Waals surface area (Å²) in [6.45, 7) is 7.31. The molecule has 4 heterocycles. The number of rotatable bonds is 5. The van der Waals surface area contributed by atoms with Crippen molar-refractivity contribution in [2.45, 2.75) is 89.1 Å². The van der Waals surface area contributed by atoms with Gasteiger partial charge in [0.1, 0.15) is 12.2 Å². The number of methoxy groups -OCH3 is 1. The van der Waals surface area contributed by atoms with E-state index in [1.165, 1.54) is 14.0 Å². The molecule has 1 aromatic rings. The number of hydrogen-bond acceptors (Lipinski definition) is 12. The Morgan fingerprint density at radius 3 is 2.36 bits per heavy atom. The lowest BCUT2D eigenvalue weighted by Gasteiger charge is -2.48. The minimum atomic E-state index is -2.27. The van der Waals surface area contributed by atoms with Gasteiger partial charge in [0.15, 0.2) is 17.8 Å². The summed E-state index contributed by atoms with van der Waals surface area (Å²) in [5, 5.41) is 24.4. The van der Waals surface area contributed by atoms with E-state index in [4.69, 9.17) is 28.4 Å². The smallest absolute Gasteiger partial charge is 0.343 e. The van der Waals surface area contributed by atoms with E-state index >= 15 is 0 Å². The summed E-state index contributed by atoms with van der Waals surface area (Å²) in [6, 6.07) is 7.04. The van der Waals surface area contributed by atoms with Crippen molar-refractivity contribution in [3.05, 3.63) is 35.4 Å². The molecule has 42 heavy (non-hydrogen) atoms. The molecular formula is C30H34O12. The van der Waals surface area contributed by atoms with Gasteiger partial charge < -0.3 is 38.6 Å². The van der Waals surface area contributed by atoms with Gasteiger partial charge in [-0.1, -0.05) is 45.0 Å². The van der Waals surface area contributed by atoms with Gasteiger partial charge in [0.2, 0.25) is 11.9 Å². The number of aliphatic hydroxyl groups excluding tert-OH is 1. The third-order valence-electron chi connectivity index (χ3n) is 11.0. The summed E-state index contributed by atoms with van der Waals surface area (Å²) >= 11 is 0. The van der Waals surface area contributed by atoms with Gasteiger partial charge in [0.25, 0.3) is 0 Å². The van der Waals surface area contributed by atoms with Crippen LogP contribution in [0.3, 0.4) is 0 Å². The second-order valence-corrected chi connectivity index (χ2v) is 13.5. The summed E-state index contributed by atoms with van der Waals surface area (Å²) in [5.74, 6) is -4.47. The molecule has 5 unspecified atom stereocenters. The first-order valence-corrected chi connectivity index (χ1v) is 14.2. The van der Waals surface area contributed by atoms with Gasteiger partial charge in [-0.15, -0.1) is 0 Å². The Labute approximate surface area is 241 Å². The quantitative estimate of drug-likeness (QED) is 0.365. The molecule has 12 heteroatoms. The summed E-state index contributed by atoms with van der Waals surface area (Å²) < 4.78 is 34.8. The van der Waals surface area contributed by atoms with Gasteiger partial charge in [-0.25, -0.2) is 9.59 Å². The number of carbonyl (C=O) groups is 4. The Bertz CT molecular complexity index is 1400. The molecule has 2 aliphatic carbocycles. The average molecular weight is 587 g/mol. The number of benzene rings is 1. The number of aliphatic hydroxyl groups is 2. The Morgan fingerprint density at radius 2 is 1.71 bits per heavy atom. The topological polar surface area (TPSA) is 164 Å². The molecule has 226 valence electrons. The molecule has 4 saturated heterocycles. The van der Waals surface area contributed by atoms with Gasteiger partial charge in [0.05, 0.1) is 36.9 Å². The Morgan fingerprint density at radius 1 is 1.05 bits per heavy atom.